The summed E-state index contributed by atoms with van der Waals surface area (Å²) in [4.78, 5) is 25.8. The van der Waals surface area contributed by atoms with Gasteiger partial charge in [0.15, 0.2) is 0 Å². The molecular weight excluding hydrogens is 408 g/mol. The average molecular weight is 433 g/mol. The lowest BCUT2D eigenvalue weighted by atomic mass is 10.1. The van der Waals surface area contributed by atoms with Gasteiger partial charge >= 0.3 is 0 Å². The summed E-state index contributed by atoms with van der Waals surface area (Å²) in [7, 11) is 0. The number of hydrogen-bond donors (Lipinski definition) is 2. The highest BCUT2D eigenvalue weighted by Gasteiger charge is 2.19. The zero-order valence-corrected chi connectivity index (χ0v) is 17.9. The van der Waals surface area contributed by atoms with Gasteiger partial charge in [-0.3, -0.25) is 14.2 Å². The van der Waals surface area contributed by atoms with Crippen molar-refractivity contribution in [2.45, 2.75) is 39.3 Å². The number of aromatic nitrogens is 3. The van der Waals surface area contributed by atoms with E-state index in [0.29, 0.717) is 22.7 Å². The van der Waals surface area contributed by atoms with Crippen molar-refractivity contribution in [3.8, 4) is 17.1 Å². The van der Waals surface area contributed by atoms with Gasteiger partial charge in [0.2, 0.25) is 11.8 Å². The van der Waals surface area contributed by atoms with Crippen molar-refractivity contribution in [2.24, 2.45) is 0 Å². The minimum Gasteiger partial charge on any atom is -0.476 e. The predicted octanol–water partition coefficient (Wildman–Crippen LogP) is 2.49. The summed E-state index contributed by atoms with van der Waals surface area (Å²) in [5, 5.41) is 16.6. The molecular formula is C21H25ClN4O4. The van der Waals surface area contributed by atoms with Gasteiger partial charge in [-0.05, 0) is 32.9 Å². The van der Waals surface area contributed by atoms with Crippen LogP contribution in [0.2, 0.25) is 5.02 Å². The largest absolute Gasteiger partial charge is 0.476 e. The number of carbonyl (C=O) groups is 1. The fourth-order valence-corrected chi connectivity index (χ4v) is 3.20. The van der Waals surface area contributed by atoms with E-state index in [1.807, 2.05) is 26.8 Å². The van der Waals surface area contributed by atoms with E-state index in [4.69, 9.17) is 21.4 Å². The van der Waals surface area contributed by atoms with Crippen LogP contribution >= 0.6 is 11.6 Å². The minimum atomic E-state index is -0.425. The Labute approximate surface area is 179 Å². The van der Waals surface area contributed by atoms with Crippen molar-refractivity contribution >= 4 is 23.0 Å². The maximum Gasteiger partial charge on any atom is 0.277 e. The molecule has 0 atom stereocenters. The fraction of sp³-hybridized carbons (Fsp3) is 0.381. The molecule has 0 saturated heterocycles. The van der Waals surface area contributed by atoms with Crippen LogP contribution in [0.5, 0.6) is 5.88 Å². The number of nitrogens with zero attached hydrogens (tertiary/aromatic N) is 3. The van der Waals surface area contributed by atoms with Gasteiger partial charge < -0.3 is 15.2 Å². The second-order valence-corrected chi connectivity index (χ2v) is 8.39. The number of aliphatic hydroxyl groups is 1. The number of halogens is 1. The minimum absolute atomic E-state index is 0.00196. The van der Waals surface area contributed by atoms with Gasteiger partial charge in [0.1, 0.15) is 12.1 Å². The van der Waals surface area contributed by atoms with Crippen LogP contribution in [-0.2, 0) is 11.3 Å². The summed E-state index contributed by atoms with van der Waals surface area (Å²) in [5.41, 5.74) is 0.669. The van der Waals surface area contributed by atoms with E-state index in [0.717, 1.165) is 0 Å². The van der Waals surface area contributed by atoms with Crippen LogP contribution in [0.25, 0.3) is 16.8 Å². The lowest BCUT2D eigenvalue weighted by Gasteiger charge is -2.21. The molecule has 0 radical (unpaired) electrons. The van der Waals surface area contributed by atoms with Crippen molar-refractivity contribution < 1.29 is 14.6 Å². The Kier molecular flexibility index (Phi) is 6.48. The van der Waals surface area contributed by atoms with Crippen LogP contribution in [0.1, 0.15) is 27.2 Å². The molecule has 0 unspecified atom stereocenters. The summed E-state index contributed by atoms with van der Waals surface area (Å²) < 4.78 is 8.34. The molecule has 30 heavy (non-hydrogen) atoms. The number of amides is 1. The summed E-state index contributed by atoms with van der Waals surface area (Å²) in [6, 6.07) is 8.58. The number of hydrogen-bond acceptors (Lipinski definition) is 5. The Hall–Kier alpha value is -2.84. The smallest absolute Gasteiger partial charge is 0.277 e. The maximum absolute atomic E-state index is 13.2. The molecule has 0 bridgehead atoms. The van der Waals surface area contributed by atoms with Crippen molar-refractivity contribution in [2.75, 3.05) is 13.2 Å². The Morgan fingerprint density at radius 2 is 2.07 bits per heavy atom. The van der Waals surface area contributed by atoms with E-state index in [2.05, 4.69) is 10.4 Å². The summed E-state index contributed by atoms with van der Waals surface area (Å²) in [6.45, 7) is 5.76. The molecule has 1 amide bonds. The van der Waals surface area contributed by atoms with Crippen molar-refractivity contribution in [3.05, 3.63) is 51.9 Å². The van der Waals surface area contributed by atoms with Gasteiger partial charge in [-0.1, -0.05) is 23.7 Å². The highest BCUT2D eigenvalue weighted by Crippen LogP contribution is 2.23. The number of fused-ring (bicyclic) bond motifs is 1. The average Bonchev–Trinajstić information content (AvgIpc) is 3.06. The molecule has 0 aliphatic carbocycles. The molecule has 0 aliphatic heterocycles. The molecule has 3 rings (SSSR count). The van der Waals surface area contributed by atoms with Gasteiger partial charge in [0.25, 0.3) is 5.56 Å². The SMILES string of the molecule is CC(C)(C)NC(=O)Cn1c(-c2cccc(Cl)c2)cn2nc(OCCCO)cc2c1=O. The zero-order valence-electron chi connectivity index (χ0n) is 17.2. The van der Waals surface area contributed by atoms with E-state index in [9.17, 15) is 9.59 Å². The molecule has 160 valence electrons. The molecule has 1 aromatic carbocycles. The molecule has 9 heteroatoms. The molecule has 2 N–H and O–H groups in total. The number of benzene rings is 1. The molecule has 0 fully saturated rings. The lowest BCUT2D eigenvalue weighted by Crippen LogP contribution is -2.43. The molecule has 3 aromatic rings. The second kappa shape index (κ2) is 8.89. The van der Waals surface area contributed by atoms with Crippen molar-refractivity contribution in [1.29, 1.82) is 0 Å². The Morgan fingerprint density at radius 3 is 2.73 bits per heavy atom. The first-order valence-electron chi connectivity index (χ1n) is 9.62. The van der Waals surface area contributed by atoms with Crippen molar-refractivity contribution in [1.82, 2.24) is 19.5 Å². The monoisotopic (exact) mass is 432 g/mol. The van der Waals surface area contributed by atoms with E-state index >= 15 is 0 Å². The van der Waals surface area contributed by atoms with Gasteiger partial charge in [-0.2, -0.15) is 0 Å². The fourth-order valence-electron chi connectivity index (χ4n) is 3.01. The first kappa shape index (κ1) is 21.9. The number of aliphatic hydroxyl groups excluding tert-OH is 1. The van der Waals surface area contributed by atoms with E-state index in [1.165, 1.54) is 15.1 Å². The van der Waals surface area contributed by atoms with Crippen LogP contribution < -0.4 is 15.6 Å². The van der Waals surface area contributed by atoms with Crippen LogP contribution in [0.15, 0.2) is 41.3 Å². The zero-order chi connectivity index (χ0) is 21.9. The van der Waals surface area contributed by atoms with Crippen LogP contribution in [0.3, 0.4) is 0 Å². The second-order valence-electron chi connectivity index (χ2n) is 7.95. The standard InChI is InChI=1S/C21H25ClN4O4/c1-21(2,3)23-18(28)13-25-17(14-6-4-7-15(22)10-14)12-26-16(20(25)29)11-19(24-26)30-9-5-8-27/h4,6-7,10-12,27H,5,8-9,13H2,1-3H3,(H,23,28). The highest BCUT2D eigenvalue weighted by atomic mass is 35.5. The third-order valence-corrected chi connectivity index (χ3v) is 4.44. The first-order chi connectivity index (χ1) is 14.2. The van der Waals surface area contributed by atoms with Crippen molar-refractivity contribution in [3.63, 3.8) is 0 Å². The van der Waals surface area contributed by atoms with E-state index in [-0.39, 0.29) is 42.6 Å². The molecule has 8 nitrogen and oxygen atoms in total. The third-order valence-electron chi connectivity index (χ3n) is 4.20. The quantitative estimate of drug-likeness (QED) is 0.559. The maximum atomic E-state index is 13.2. The van der Waals surface area contributed by atoms with E-state index in [1.54, 1.807) is 24.4 Å². The lowest BCUT2D eigenvalue weighted by molar-refractivity contribution is -0.123. The molecule has 0 saturated carbocycles. The number of rotatable bonds is 7. The van der Waals surface area contributed by atoms with Crippen LogP contribution in [-0.4, -0.2) is 43.9 Å². The predicted molar refractivity (Wildman–Crippen MR) is 115 cm³/mol. The Morgan fingerprint density at radius 1 is 1.30 bits per heavy atom. The number of carbonyl (C=O) groups excluding carboxylic acids is 1. The van der Waals surface area contributed by atoms with E-state index < -0.39 is 5.54 Å². The molecule has 2 heterocycles. The Balaban J connectivity index is 2.10. The normalized spacial score (nSPS) is 11.6. The molecule has 0 spiro atoms. The Bertz CT molecular complexity index is 1110. The summed E-state index contributed by atoms with van der Waals surface area (Å²) in [6.07, 6.45) is 2.13. The first-order valence-corrected chi connectivity index (χ1v) is 9.99. The molecule has 0 aliphatic rings. The number of nitrogens with one attached hydrogen (secondary N) is 1. The number of ether oxygens (including phenoxy) is 1. The van der Waals surface area contributed by atoms with Gasteiger partial charge in [0.05, 0.1) is 18.5 Å². The molecule has 2 aromatic heterocycles. The highest BCUT2D eigenvalue weighted by molar-refractivity contribution is 6.30. The van der Waals surface area contributed by atoms with Gasteiger partial charge in [0, 0.05) is 35.2 Å². The van der Waals surface area contributed by atoms with Crippen LogP contribution in [0, 0.1) is 0 Å². The van der Waals surface area contributed by atoms with Gasteiger partial charge in [-0.15, -0.1) is 5.10 Å². The third kappa shape index (κ3) is 5.20. The summed E-state index contributed by atoms with van der Waals surface area (Å²) >= 11 is 6.14. The topological polar surface area (TPSA) is 97.9 Å². The summed E-state index contributed by atoms with van der Waals surface area (Å²) in [5.74, 6) is -0.00866. The van der Waals surface area contributed by atoms with Crippen LogP contribution in [0.4, 0.5) is 0 Å². The van der Waals surface area contributed by atoms with Gasteiger partial charge in [-0.25, -0.2) is 4.52 Å².